The van der Waals surface area contributed by atoms with Crippen molar-refractivity contribution in [1.82, 2.24) is 4.98 Å². The number of methoxy groups -OCH3 is 1. The minimum atomic E-state index is -1.05. The van der Waals surface area contributed by atoms with Gasteiger partial charge in [-0.15, -0.1) is 0 Å². The van der Waals surface area contributed by atoms with Gasteiger partial charge in [0, 0.05) is 13.3 Å². The van der Waals surface area contributed by atoms with Gasteiger partial charge in [-0.1, -0.05) is 0 Å². The number of carbonyl (C=O) groups is 1. The van der Waals surface area contributed by atoms with Crippen molar-refractivity contribution in [2.45, 2.75) is 0 Å². The summed E-state index contributed by atoms with van der Waals surface area (Å²) in [6.45, 7) is 0.684. The van der Waals surface area contributed by atoms with Gasteiger partial charge in [-0.3, -0.25) is 0 Å². The average molecular weight is 197 g/mol. The summed E-state index contributed by atoms with van der Waals surface area (Å²) < 4.78 is 9.89. The smallest absolute Gasteiger partial charge is 0.341 e. The molecule has 0 aromatic carbocycles. The summed E-state index contributed by atoms with van der Waals surface area (Å²) in [6, 6.07) is 2.99. The highest BCUT2D eigenvalue weighted by atomic mass is 16.5. The van der Waals surface area contributed by atoms with Crippen molar-refractivity contribution >= 4 is 5.97 Å². The summed E-state index contributed by atoms with van der Waals surface area (Å²) in [5.74, 6) is -0.928. The molecule has 0 radical (unpaired) electrons. The summed E-state index contributed by atoms with van der Waals surface area (Å²) in [5.41, 5.74) is 0.0589. The number of rotatable bonds is 5. The zero-order chi connectivity index (χ0) is 10.4. The molecule has 1 rings (SSSR count). The maximum absolute atomic E-state index is 10.7. The van der Waals surface area contributed by atoms with Crippen LogP contribution >= 0.6 is 0 Å². The lowest BCUT2D eigenvalue weighted by Gasteiger charge is -2.06. The van der Waals surface area contributed by atoms with Gasteiger partial charge in [0.1, 0.15) is 12.2 Å². The maximum Gasteiger partial charge on any atom is 0.341 e. The minimum absolute atomic E-state index is 0.0589. The molecule has 5 heteroatoms. The van der Waals surface area contributed by atoms with Crippen LogP contribution in [-0.4, -0.2) is 36.4 Å². The van der Waals surface area contributed by atoms with Crippen LogP contribution in [0.15, 0.2) is 18.3 Å². The molecular formula is C9H11NO4. The molecule has 1 aromatic rings. The fourth-order valence-corrected chi connectivity index (χ4v) is 0.890. The van der Waals surface area contributed by atoms with Gasteiger partial charge in [0.2, 0.25) is 5.88 Å². The Bertz CT molecular complexity index is 313. The van der Waals surface area contributed by atoms with E-state index in [0.29, 0.717) is 6.61 Å². The number of hydrogen-bond donors (Lipinski definition) is 1. The van der Waals surface area contributed by atoms with Crippen LogP contribution < -0.4 is 4.74 Å². The van der Waals surface area contributed by atoms with Crippen molar-refractivity contribution in [2.75, 3.05) is 20.3 Å². The molecule has 76 valence electrons. The van der Waals surface area contributed by atoms with Crippen LogP contribution in [0.4, 0.5) is 0 Å². The Kier molecular flexibility index (Phi) is 3.87. The third-order valence-corrected chi connectivity index (χ3v) is 1.53. The van der Waals surface area contributed by atoms with Crippen molar-refractivity contribution in [3.8, 4) is 5.88 Å². The number of nitrogens with zero attached hydrogens (tertiary/aromatic N) is 1. The van der Waals surface area contributed by atoms with E-state index in [0.717, 1.165) is 0 Å². The van der Waals surface area contributed by atoms with E-state index in [1.807, 2.05) is 0 Å². The second-order valence-electron chi connectivity index (χ2n) is 2.50. The van der Waals surface area contributed by atoms with E-state index in [1.165, 1.54) is 12.3 Å². The Hall–Kier alpha value is -1.62. The Morgan fingerprint density at radius 3 is 3.00 bits per heavy atom. The highest BCUT2D eigenvalue weighted by Crippen LogP contribution is 2.13. The molecule has 0 bridgehead atoms. The Labute approximate surface area is 81.3 Å². The molecule has 0 aliphatic carbocycles. The molecule has 0 saturated carbocycles. The predicted molar refractivity (Wildman–Crippen MR) is 48.6 cm³/mol. The quantitative estimate of drug-likeness (QED) is 0.707. The van der Waals surface area contributed by atoms with Crippen molar-refractivity contribution in [3.63, 3.8) is 0 Å². The lowest BCUT2D eigenvalue weighted by Crippen LogP contribution is -2.09. The summed E-state index contributed by atoms with van der Waals surface area (Å²) in [5, 5.41) is 8.77. The lowest BCUT2D eigenvalue weighted by atomic mass is 10.3. The zero-order valence-corrected chi connectivity index (χ0v) is 7.77. The molecule has 14 heavy (non-hydrogen) atoms. The van der Waals surface area contributed by atoms with Crippen molar-refractivity contribution in [3.05, 3.63) is 23.9 Å². The van der Waals surface area contributed by atoms with E-state index in [4.69, 9.17) is 14.6 Å². The minimum Gasteiger partial charge on any atom is -0.477 e. The second-order valence-corrected chi connectivity index (χ2v) is 2.50. The largest absolute Gasteiger partial charge is 0.477 e. The second kappa shape index (κ2) is 5.18. The standard InChI is InChI=1S/C9H11NO4/c1-13-5-6-14-8-7(9(11)12)3-2-4-10-8/h2-4H,5-6H2,1H3,(H,11,12). The number of pyridine rings is 1. The molecule has 1 heterocycles. The number of carboxylic acid groups (broad SMARTS) is 1. The molecule has 0 fully saturated rings. The van der Waals surface area contributed by atoms with Gasteiger partial charge in [-0.2, -0.15) is 0 Å². The van der Waals surface area contributed by atoms with E-state index >= 15 is 0 Å². The molecule has 0 saturated heterocycles. The van der Waals surface area contributed by atoms with Crippen molar-refractivity contribution in [2.24, 2.45) is 0 Å². The Balaban J connectivity index is 2.69. The van der Waals surface area contributed by atoms with E-state index in [9.17, 15) is 4.79 Å². The van der Waals surface area contributed by atoms with Gasteiger partial charge in [-0.25, -0.2) is 9.78 Å². The van der Waals surface area contributed by atoms with Gasteiger partial charge in [0.15, 0.2) is 0 Å². The molecule has 5 nitrogen and oxygen atoms in total. The van der Waals surface area contributed by atoms with Crippen molar-refractivity contribution < 1.29 is 19.4 Å². The fraction of sp³-hybridized carbons (Fsp3) is 0.333. The van der Waals surface area contributed by atoms with Crippen LogP contribution in [0, 0.1) is 0 Å². The van der Waals surface area contributed by atoms with Crippen LogP contribution in [0.2, 0.25) is 0 Å². The molecule has 0 atom stereocenters. The first kappa shape index (κ1) is 10.5. The highest BCUT2D eigenvalue weighted by Gasteiger charge is 2.10. The molecule has 1 aromatic heterocycles. The van der Waals surface area contributed by atoms with Crippen LogP contribution in [-0.2, 0) is 4.74 Å². The third-order valence-electron chi connectivity index (χ3n) is 1.53. The molecular weight excluding hydrogens is 186 g/mol. The van der Waals surface area contributed by atoms with Crippen molar-refractivity contribution in [1.29, 1.82) is 0 Å². The summed E-state index contributed by atoms with van der Waals surface area (Å²) in [6.07, 6.45) is 1.48. The van der Waals surface area contributed by atoms with Crippen LogP contribution in [0.1, 0.15) is 10.4 Å². The summed E-state index contributed by atoms with van der Waals surface area (Å²) in [4.78, 5) is 14.5. The first-order valence-corrected chi connectivity index (χ1v) is 4.05. The molecule has 0 spiro atoms. The van der Waals surface area contributed by atoms with E-state index in [2.05, 4.69) is 4.98 Å². The number of hydrogen-bond acceptors (Lipinski definition) is 4. The highest BCUT2D eigenvalue weighted by molar-refractivity contribution is 5.90. The normalized spacial score (nSPS) is 9.79. The Morgan fingerprint density at radius 2 is 2.36 bits per heavy atom. The number of aromatic nitrogens is 1. The molecule has 0 amide bonds. The summed E-state index contributed by atoms with van der Waals surface area (Å²) in [7, 11) is 1.54. The lowest BCUT2D eigenvalue weighted by molar-refractivity contribution is 0.0688. The van der Waals surface area contributed by atoms with Gasteiger partial charge in [0.05, 0.1) is 6.61 Å². The first-order chi connectivity index (χ1) is 6.75. The van der Waals surface area contributed by atoms with E-state index in [1.54, 1.807) is 13.2 Å². The monoisotopic (exact) mass is 197 g/mol. The maximum atomic E-state index is 10.7. The van der Waals surface area contributed by atoms with Gasteiger partial charge < -0.3 is 14.6 Å². The average Bonchev–Trinajstić information content (AvgIpc) is 2.19. The zero-order valence-electron chi connectivity index (χ0n) is 7.77. The van der Waals surface area contributed by atoms with Gasteiger partial charge in [-0.05, 0) is 12.1 Å². The number of carboxylic acids is 1. The number of aromatic carboxylic acids is 1. The van der Waals surface area contributed by atoms with Gasteiger partial charge in [0.25, 0.3) is 0 Å². The topological polar surface area (TPSA) is 68.7 Å². The predicted octanol–water partition coefficient (Wildman–Crippen LogP) is 0.805. The Morgan fingerprint density at radius 1 is 1.57 bits per heavy atom. The van der Waals surface area contributed by atoms with E-state index < -0.39 is 5.97 Å². The fourth-order valence-electron chi connectivity index (χ4n) is 0.890. The van der Waals surface area contributed by atoms with Crippen LogP contribution in [0.5, 0.6) is 5.88 Å². The summed E-state index contributed by atoms with van der Waals surface area (Å²) >= 11 is 0. The SMILES string of the molecule is COCCOc1ncccc1C(=O)O. The molecule has 0 unspecified atom stereocenters. The molecule has 1 N–H and O–H groups in total. The molecule has 0 aliphatic heterocycles. The molecule has 0 aliphatic rings. The number of ether oxygens (including phenoxy) is 2. The first-order valence-electron chi connectivity index (χ1n) is 4.05. The van der Waals surface area contributed by atoms with E-state index in [-0.39, 0.29) is 18.1 Å². The van der Waals surface area contributed by atoms with Crippen LogP contribution in [0.25, 0.3) is 0 Å². The van der Waals surface area contributed by atoms with Gasteiger partial charge >= 0.3 is 5.97 Å². The third kappa shape index (κ3) is 2.70. The van der Waals surface area contributed by atoms with Crippen LogP contribution in [0.3, 0.4) is 0 Å².